The highest BCUT2D eigenvalue weighted by molar-refractivity contribution is 5.90. The summed E-state index contributed by atoms with van der Waals surface area (Å²) in [5, 5.41) is 9.77. The molecule has 0 radical (unpaired) electrons. The number of aliphatic hydroxyl groups excluding tert-OH is 1. The molecular weight excluding hydrogens is 176 g/mol. The largest absolute Gasteiger partial charge is 0.398 e. The Labute approximate surface area is 82.2 Å². The number of rotatable bonds is 2. The zero-order chi connectivity index (χ0) is 9.97. The average Bonchev–Trinajstić information content (AvgIpc) is 2.18. The first kappa shape index (κ1) is 8.97. The molecular formula is C11H12N2O. The van der Waals surface area contributed by atoms with Crippen molar-refractivity contribution < 1.29 is 5.11 Å². The van der Waals surface area contributed by atoms with Gasteiger partial charge >= 0.3 is 0 Å². The van der Waals surface area contributed by atoms with Crippen LogP contribution in [0.4, 0.5) is 5.69 Å². The van der Waals surface area contributed by atoms with Gasteiger partial charge in [-0.05, 0) is 12.1 Å². The van der Waals surface area contributed by atoms with Crippen LogP contribution in [0, 0.1) is 0 Å². The molecule has 72 valence electrons. The highest BCUT2D eigenvalue weighted by Crippen LogP contribution is 2.19. The van der Waals surface area contributed by atoms with Crippen LogP contribution in [0.1, 0.15) is 5.69 Å². The van der Waals surface area contributed by atoms with Crippen LogP contribution < -0.4 is 5.73 Å². The Bertz CT molecular complexity index is 454. The fourth-order valence-corrected chi connectivity index (χ4v) is 1.50. The van der Waals surface area contributed by atoms with E-state index in [0.29, 0.717) is 6.42 Å². The molecule has 0 unspecified atom stereocenters. The lowest BCUT2D eigenvalue weighted by molar-refractivity contribution is 0.298. The Morgan fingerprint density at radius 2 is 2.07 bits per heavy atom. The van der Waals surface area contributed by atoms with E-state index < -0.39 is 0 Å². The van der Waals surface area contributed by atoms with Crippen LogP contribution in [0.2, 0.25) is 0 Å². The maximum Gasteiger partial charge on any atom is 0.0726 e. The number of hydrogen-bond acceptors (Lipinski definition) is 3. The zero-order valence-electron chi connectivity index (χ0n) is 7.77. The number of nitrogens with two attached hydrogens (primary N) is 1. The lowest BCUT2D eigenvalue weighted by Gasteiger charge is -2.04. The first-order valence-electron chi connectivity index (χ1n) is 4.56. The summed E-state index contributed by atoms with van der Waals surface area (Å²) in [4.78, 5) is 4.39. The molecule has 3 nitrogen and oxygen atoms in total. The average molecular weight is 188 g/mol. The van der Waals surface area contributed by atoms with Gasteiger partial charge in [-0.3, -0.25) is 4.98 Å². The summed E-state index contributed by atoms with van der Waals surface area (Å²) in [6, 6.07) is 9.55. The predicted octanol–water partition coefficient (Wildman–Crippen LogP) is 1.35. The predicted molar refractivity (Wildman–Crippen MR) is 56.9 cm³/mol. The number of nitrogens with zero attached hydrogens (tertiary/aromatic N) is 1. The molecule has 2 aromatic rings. The number of aromatic nitrogens is 1. The SMILES string of the molecule is Nc1cc(CCO)nc2ccccc12. The number of aliphatic hydroxyl groups is 1. The van der Waals surface area contributed by atoms with Gasteiger partial charge in [-0.1, -0.05) is 18.2 Å². The van der Waals surface area contributed by atoms with Gasteiger partial charge in [0.2, 0.25) is 0 Å². The van der Waals surface area contributed by atoms with Gasteiger partial charge < -0.3 is 10.8 Å². The van der Waals surface area contributed by atoms with E-state index in [1.807, 2.05) is 30.3 Å². The van der Waals surface area contributed by atoms with Gasteiger partial charge in [0.15, 0.2) is 0 Å². The van der Waals surface area contributed by atoms with Crippen molar-refractivity contribution in [3.63, 3.8) is 0 Å². The molecule has 3 N–H and O–H groups in total. The molecule has 0 fully saturated rings. The summed E-state index contributed by atoms with van der Waals surface area (Å²) in [7, 11) is 0. The fourth-order valence-electron chi connectivity index (χ4n) is 1.50. The maximum atomic E-state index is 8.80. The first-order chi connectivity index (χ1) is 6.81. The van der Waals surface area contributed by atoms with Crippen LogP contribution in [0.5, 0.6) is 0 Å². The summed E-state index contributed by atoms with van der Waals surface area (Å²) >= 11 is 0. The second kappa shape index (κ2) is 3.64. The van der Waals surface area contributed by atoms with E-state index in [-0.39, 0.29) is 6.61 Å². The zero-order valence-corrected chi connectivity index (χ0v) is 7.77. The Balaban J connectivity index is 2.60. The van der Waals surface area contributed by atoms with E-state index in [0.717, 1.165) is 22.3 Å². The van der Waals surface area contributed by atoms with E-state index in [9.17, 15) is 0 Å². The van der Waals surface area contributed by atoms with Gasteiger partial charge in [0.05, 0.1) is 5.52 Å². The Morgan fingerprint density at radius 3 is 2.86 bits per heavy atom. The highest BCUT2D eigenvalue weighted by Gasteiger charge is 2.01. The summed E-state index contributed by atoms with van der Waals surface area (Å²) in [5.74, 6) is 0. The van der Waals surface area contributed by atoms with Crippen molar-refractivity contribution in [3.05, 3.63) is 36.0 Å². The van der Waals surface area contributed by atoms with Crippen LogP contribution in [0.15, 0.2) is 30.3 Å². The van der Waals surface area contributed by atoms with Gasteiger partial charge in [-0.2, -0.15) is 0 Å². The number of fused-ring (bicyclic) bond motifs is 1. The second-order valence-corrected chi connectivity index (χ2v) is 3.19. The second-order valence-electron chi connectivity index (χ2n) is 3.19. The van der Waals surface area contributed by atoms with Gasteiger partial charge in [0.25, 0.3) is 0 Å². The first-order valence-corrected chi connectivity index (χ1v) is 4.56. The van der Waals surface area contributed by atoms with Crippen molar-refractivity contribution >= 4 is 16.6 Å². The monoisotopic (exact) mass is 188 g/mol. The van der Waals surface area contributed by atoms with Gasteiger partial charge in [-0.25, -0.2) is 0 Å². The minimum Gasteiger partial charge on any atom is -0.398 e. The van der Waals surface area contributed by atoms with Crippen molar-refractivity contribution in [1.29, 1.82) is 0 Å². The van der Waals surface area contributed by atoms with Crippen molar-refractivity contribution in [1.82, 2.24) is 4.98 Å². The van der Waals surface area contributed by atoms with Crippen molar-refractivity contribution in [2.75, 3.05) is 12.3 Å². The molecule has 0 atom stereocenters. The Kier molecular flexibility index (Phi) is 2.33. The van der Waals surface area contributed by atoms with Crippen molar-refractivity contribution in [3.8, 4) is 0 Å². The van der Waals surface area contributed by atoms with Gasteiger partial charge in [0.1, 0.15) is 0 Å². The maximum absolute atomic E-state index is 8.80. The number of anilines is 1. The van der Waals surface area contributed by atoms with Gasteiger partial charge in [-0.15, -0.1) is 0 Å². The van der Waals surface area contributed by atoms with Crippen LogP contribution in [-0.2, 0) is 6.42 Å². The summed E-state index contributed by atoms with van der Waals surface area (Å²) in [5.41, 5.74) is 8.31. The van der Waals surface area contributed by atoms with Crippen LogP contribution >= 0.6 is 0 Å². The number of pyridine rings is 1. The third-order valence-electron chi connectivity index (χ3n) is 2.17. The number of para-hydroxylation sites is 1. The Morgan fingerprint density at radius 1 is 1.29 bits per heavy atom. The summed E-state index contributed by atoms with van der Waals surface area (Å²) < 4.78 is 0. The molecule has 2 rings (SSSR count). The normalized spacial score (nSPS) is 10.6. The van der Waals surface area contributed by atoms with Crippen LogP contribution in [0.3, 0.4) is 0 Å². The molecule has 1 aromatic heterocycles. The molecule has 0 aliphatic rings. The van der Waals surface area contributed by atoms with Crippen molar-refractivity contribution in [2.24, 2.45) is 0 Å². The number of nitrogen functional groups attached to an aromatic ring is 1. The smallest absolute Gasteiger partial charge is 0.0726 e. The molecule has 14 heavy (non-hydrogen) atoms. The van der Waals surface area contributed by atoms with Gasteiger partial charge in [0, 0.05) is 29.8 Å². The molecule has 0 bridgehead atoms. The third kappa shape index (κ3) is 1.54. The standard InChI is InChI=1S/C11H12N2O/c12-10-7-8(5-6-14)13-11-4-2-1-3-9(10)11/h1-4,7,14H,5-6H2,(H2,12,13). The van der Waals surface area contributed by atoms with E-state index in [2.05, 4.69) is 4.98 Å². The number of benzene rings is 1. The van der Waals surface area contributed by atoms with E-state index in [4.69, 9.17) is 10.8 Å². The van der Waals surface area contributed by atoms with Crippen molar-refractivity contribution in [2.45, 2.75) is 6.42 Å². The Hall–Kier alpha value is -1.61. The highest BCUT2D eigenvalue weighted by atomic mass is 16.3. The summed E-state index contributed by atoms with van der Waals surface area (Å²) in [6.45, 7) is 0.102. The topological polar surface area (TPSA) is 59.1 Å². The minimum atomic E-state index is 0.102. The quantitative estimate of drug-likeness (QED) is 0.748. The molecule has 0 amide bonds. The van der Waals surface area contributed by atoms with E-state index in [1.165, 1.54) is 0 Å². The fraction of sp³-hybridized carbons (Fsp3) is 0.182. The molecule has 0 aliphatic heterocycles. The number of hydrogen-bond donors (Lipinski definition) is 2. The molecule has 0 saturated carbocycles. The molecule has 1 aromatic carbocycles. The third-order valence-corrected chi connectivity index (χ3v) is 2.17. The lowest BCUT2D eigenvalue weighted by Crippen LogP contribution is -1.98. The molecule has 0 saturated heterocycles. The summed E-state index contributed by atoms with van der Waals surface area (Å²) in [6.07, 6.45) is 0.551. The minimum absolute atomic E-state index is 0.102. The lowest BCUT2D eigenvalue weighted by atomic mass is 10.1. The van der Waals surface area contributed by atoms with E-state index >= 15 is 0 Å². The van der Waals surface area contributed by atoms with Crippen LogP contribution in [0.25, 0.3) is 10.9 Å². The molecule has 0 spiro atoms. The molecule has 3 heteroatoms. The molecule has 1 heterocycles. The van der Waals surface area contributed by atoms with E-state index in [1.54, 1.807) is 0 Å². The van der Waals surface area contributed by atoms with Crippen LogP contribution in [-0.4, -0.2) is 16.7 Å². The molecule has 0 aliphatic carbocycles.